The minimum absolute atomic E-state index is 0.00417. The van der Waals surface area contributed by atoms with Crippen LogP contribution in [-0.4, -0.2) is 33.3 Å². The third-order valence-electron chi connectivity index (χ3n) is 2.20. The highest BCUT2D eigenvalue weighted by Crippen LogP contribution is 2.26. The molecule has 92 valence electrons. The maximum atomic E-state index is 11.5. The highest BCUT2D eigenvalue weighted by molar-refractivity contribution is 6.04. The van der Waals surface area contributed by atoms with Crippen LogP contribution in [0, 0.1) is 0 Å². The molecular weight excluding hydrogens is 226 g/mol. The highest BCUT2D eigenvalue weighted by Gasteiger charge is 2.20. The monoisotopic (exact) mass is 239 g/mol. The van der Waals surface area contributed by atoms with E-state index in [9.17, 15) is 9.59 Å². The normalized spacial score (nSPS) is 9.59. The summed E-state index contributed by atoms with van der Waals surface area (Å²) >= 11 is 0. The van der Waals surface area contributed by atoms with Crippen molar-refractivity contribution in [3.05, 3.63) is 23.3 Å². The third-order valence-corrected chi connectivity index (χ3v) is 2.20. The number of anilines is 1. The standard InChI is InChI=1S/C11H13NO5/c1-15-6-4-7(10(13)16-2)9(12)8(5-6)11(14)17-3/h4-5H,12H2,1-3H3. The topological polar surface area (TPSA) is 87.8 Å². The first-order valence-electron chi connectivity index (χ1n) is 4.69. The predicted octanol–water partition coefficient (Wildman–Crippen LogP) is 0.851. The van der Waals surface area contributed by atoms with Crippen LogP contribution in [0.25, 0.3) is 0 Å². The van der Waals surface area contributed by atoms with E-state index in [0.717, 1.165) is 0 Å². The van der Waals surface area contributed by atoms with Gasteiger partial charge in [0.05, 0.1) is 38.1 Å². The first-order chi connectivity index (χ1) is 8.04. The van der Waals surface area contributed by atoms with Crippen molar-refractivity contribution in [2.24, 2.45) is 0 Å². The van der Waals surface area contributed by atoms with Gasteiger partial charge in [0.15, 0.2) is 0 Å². The Bertz CT molecular complexity index is 418. The molecule has 1 aromatic carbocycles. The highest BCUT2D eigenvalue weighted by atomic mass is 16.5. The summed E-state index contributed by atoms with van der Waals surface area (Å²) < 4.78 is 14.1. The van der Waals surface area contributed by atoms with Gasteiger partial charge in [0.1, 0.15) is 5.75 Å². The van der Waals surface area contributed by atoms with Crippen molar-refractivity contribution in [1.29, 1.82) is 0 Å². The number of methoxy groups -OCH3 is 3. The van der Waals surface area contributed by atoms with E-state index in [0.29, 0.717) is 5.75 Å². The molecule has 0 aliphatic heterocycles. The number of carbonyl (C=O) groups excluding carboxylic acids is 2. The minimum Gasteiger partial charge on any atom is -0.497 e. The molecule has 0 atom stereocenters. The van der Waals surface area contributed by atoms with Gasteiger partial charge in [-0.2, -0.15) is 0 Å². The lowest BCUT2D eigenvalue weighted by molar-refractivity contribution is 0.0601. The van der Waals surface area contributed by atoms with Crippen molar-refractivity contribution in [2.75, 3.05) is 27.1 Å². The summed E-state index contributed by atoms with van der Waals surface area (Å²) in [6, 6.07) is 2.79. The Labute approximate surface area is 98.3 Å². The fraction of sp³-hybridized carbons (Fsp3) is 0.273. The number of nitrogen functional groups attached to an aromatic ring is 1. The zero-order valence-corrected chi connectivity index (χ0v) is 9.77. The van der Waals surface area contributed by atoms with E-state index in [-0.39, 0.29) is 16.8 Å². The molecule has 0 aliphatic carbocycles. The Morgan fingerprint density at radius 2 is 1.41 bits per heavy atom. The molecule has 0 bridgehead atoms. The second-order valence-electron chi connectivity index (χ2n) is 3.12. The molecule has 0 heterocycles. The van der Waals surface area contributed by atoms with Crippen molar-refractivity contribution in [3.63, 3.8) is 0 Å². The number of esters is 2. The number of hydrogen-bond acceptors (Lipinski definition) is 6. The van der Waals surface area contributed by atoms with Gasteiger partial charge in [-0.1, -0.05) is 0 Å². The smallest absolute Gasteiger partial charge is 0.340 e. The Hall–Kier alpha value is -2.24. The summed E-state index contributed by atoms with van der Waals surface area (Å²) in [5, 5.41) is 0. The van der Waals surface area contributed by atoms with E-state index in [2.05, 4.69) is 9.47 Å². The number of hydrogen-bond donors (Lipinski definition) is 1. The number of nitrogens with two attached hydrogens (primary N) is 1. The van der Waals surface area contributed by atoms with Crippen molar-refractivity contribution >= 4 is 17.6 Å². The number of carbonyl (C=O) groups is 2. The molecule has 0 aromatic heterocycles. The van der Waals surface area contributed by atoms with E-state index in [1.54, 1.807) is 0 Å². The first kappa shape index (κ1) is 12.8. The van der Waals surface area contributed by atoms with Crippen molar-refractivity contribution < 1.29 is 23.8 Å². The van der Waals surface area contributed by atoms with Crippen molar-refractivity contribution in [1.82, 2.24) is 0 Å². The number of rotatable bonds is 3. The zero-order valence-electron chi connectivity index (χ0n) is 9.77. The molecule has 6 nitrogen and oxygen atoms in total. The van der Waals surface area contributed by atoms with Gasteiger partial charge in [0.2, 0.25) is 0 Å². The third kappa shape index (κ3) is 2.47. The van der Waals surface area contributed by atoms with Gasteiger partial charge >= 0.3 is 11.9 Å². The van der Waals surface area contributed by atoms with E-state index in [4.69, 9.17) is 10.5 Å². The Morgan fingerprint density at radius 1 is 1.00 bits per heavy atom. The SMILES string of the molecule is COC(=O)c1cc(OC)cc(C(=O)OC)c1N. The molecule has 0 saturated heterocycles. The summed E-state index contributed by atoms with van der Waals surface area (Å²) in [5.41, 5.74) is 5.83. The molecule has 0 unspecified atom stereocenters. The number of benzene rings is 1. The molecule has 1 rings (SSSR count). The quantitative estimate of drug-likeness (QED) is 0.621. The fourth-order valence-corrected chi connectivity index (χ4v) is 1.30. The summed E-state index contributed by atoms with van der Waals surface area (Å²) in [4.78, 5) is 22.9. The van der Waals surface area contributed by atoms with Gasteiger partial charge in [0.25, 0.3) is 0 Å². The maximum absolute atomic E-state index is 11.5. The molecule has 1 aromatic rings. The molecule has 0 spiro atoms. The summed E-state index contributed by atoms with van der Waals surface area (Å²) in [5.74, 6) is -0.974. The molecule has 2 N–H and O–H groups in total. The van der Waals surface area contributed by atoms with Crippen LogP contribution in [0.1, 0.15) is 20.7 Å². The minimum atomic E-state index is -0.647. The van der Waals surface area contributed by atoms with Gasteiger partial charge in [-0.25, -0.2) is 9.59 Å². The van der Waals surface area contributed by atoms with E-state index in [1.165, 1.54) is 33.5 Å². The van der Waals surface area contributed by atoms with Crippen LogP contribution >= 0.6 is 0 Å². The van der Waals surface area contributed by atoms with Crippen LogP contribution in [0.15, 0.2) is 12.1 Å². The van der Waals surface area contributed by atoms with Gasteiger partial charge < -0.3 is 19.9 Å². The van der Waals surface area contributed by atoms with Gasteiger partial charge in [0, 0.05) is 0 Å². The molecular formula is C11H13NO5. The largest absolute Gasteiger partial charge is 0.497 e. The molecule has 0 fully saturated rings. The van der Waals surface area contributed by atoms with Crippen LogP contribution in [0.2, 0.25) is 0 Å². The number of ether oxygens (including phenoxy) is 3. The molecule has 0 radical (unpaired) electrons. The average molecular weight is 239 g/mol. The average Bonchev–Trinajstić information content (AvgIpc) is 2.37. The van der Waals surface area contributed by atoms with Gasteiger partial charge in [-0.15, -0.1) is 0 Å². The Kier molecular flexibility index (Phi) is 3.92. The van der Waals surface area contributed by atoms with Crippen LogP contribution in [0.5, 0.6) is 5.75 Å². The van der Waals surface area contributed by atoms with Crippen LogP contribution in [0.4, 0.5) is 5.69 Å². The lowest BCUT2D eigenvalue weighted by Gasteiger charge is -2.10. The van der Waals surface area contributed by atoms with Crippen LogP contribution in [-0.2, 0) is 9.47 Å². The predicted molar refractivity (Wildman–Crippen MR) is 60.1 cm³/mol. The first-order valence-corrected chi connectivity index (χ1v) is 4.69. The molecule has 17 heavy (non-hydrogen) atoms. The van der Waals surface area contributed by atoms with Crippen LogP contribution in [0.3, 0.4) is 0 Å². The molecule has 0 saturated carbocycles. The van der Waals surface area contributed by atoms with E-state index < -0.39 is 11.9 Å². The van der Waals surface area contributed by atoms with Crippen molar-refractivity contribution in [3.8, 4) is 5.75 Å². The summed E-state index contributed by atoms with van der Waals surface area (Å²) in [6.45, 7) is 0. The Balaban J connectivity index is 3.40. The molecule has 0 aliphatic rings. The zero-order chi connectivity index (χ0) is 13.0. The molecule has 0 amide bonds. The Morgan fingerprint density at radius 3 is 1.71 bits per heavy atom. The summed E-state index contributed by atoms with van der Waals surface area (Å²) in [7, 11) is 3.85. The van der Waals surface area contributed by atoms with Gasteiger partial charge in [-0.05, 0) is 12.1 Å². The molecule has 6 heteroatoms. The van der Waals surface area contributed by atoms with E-state index >= 15 is 0 Å². The second kappa shape index (κ2) is 5.20. The van der Waals surface area contributed by atoms with Crippen molar-refractivity contribution in [2.45, 2.75) is 0 Å². The maximum Gasteiger partial charge on any atom is 0.340 e. The fourth-order valence-electron chi connectivity index (χ4n) is 1.30. The van der Waals surface area contributed by atoms with E-state index in [1.807, 2.05) is 0 Å². The van der Waals surface area contributed by atoms with Crippen LogP contribution < -0.4 is 10.5 Å². The lowest BCUT2D eigenvalue weighted by Crippen LogP contribution is -2.12. The second-order valence-corrected chi connectivity index (χ2v) is 3.12. The van der Waals surface area contributed by atoms with Gasteiger partial charge in [-0.3, -0.25) is 0 Å². The lowest BCUT2D eigenvalue weighted by atomic mass is 10.1. The summed E-state index contributed by atoms with van der Waals surface area (Å²) in [6.07, 6.45) is 0.